The summed E-state index contributed by atoms with van der Waals surface area (Å²) in [4.78, 5) is 21.1. The summed E-state index contributed by atoms with van der Waals surface area (Å²) in [5, 5.41) is 17.2. The third-order valence-electron chi connectivity index (χ3n) is 3.08. The van der Waals surface area contributed by atoms with Gasteiger partial charge in [-0.25, -0.2) is 9.59 Å². The zero-order chi connectivity index (χ0) is 11.7. The highest BCUT2D eigenvalue weighted by Gasteiger charge is 2.45. The summed E-state index contributed by atoms with van der Waals surface area (Å²) in [5.41, 5.74) is 0. The van der Waals surface area contributed by atoms with Crippen LogP contribution in [0.3, 0.4) is 0 Å². The van der Waals surface area contributed by atoms with Crippen molar-refractivity contribution in [2.75, 3.05) is 0 Å². The summed E-state index contributed by atoms with van der Waals surface area (Å²) in [5.74, 6) is -0.157. The summed E-state index contributed by atoms with van der Waals surface area (Å²) in [7, 11) is 0. The van der Waals surface area contributed by atoms with Gasteiger partial charge in [0.25, 0.3) is 0 Å². The van der Waals surface area contributed by atoms with E-state index < -0.39 is 24.5 Å². The first-order chi connectivity index (χ1) is 7.58. The molecule has 1 saturated carbocycles. The first-order valence-corrected chi connectivity index (χ1v) is 5.05. The van der Waals surface area contributed by atoms with E-state index in [1.165, 1.54) is 0 Å². The number of carbonyl (C=O) groups is 2. The summed E-state index contributed by atoms with van der Waals surface area (Å²) < 4.78 is 9.43. The molecule has 2 bridgehead atoms. The highest BCUT2D eigenvalue weighted by atomic mass is 16.7. The Bertz CT molecular complexity index is 304. The fourth-order valence-corrected chi connectivity index (χ4v) is 2.44. The predicted octanol–water partition coefficient (Wildman–Crippen LogP) is 1.71. The molecular formula is C10H12O6. The lowest BCUT2D eigenvalue weighted by atomic mass is 9.72. The Morgan fingerprint density at radius 3 is 1.56 bits per heavy atom. The fourth-order valence-electron chi connectivity index (χ4n) is 2.44. The van der Waals surface area contributed by atoms with Crippen molar-refractivity contribution < 1.29 is 29.3 Å². The molecule has 16 heavy (non-hydrogen) atoms. The van der Waals surface area contributed by atoms with Gasteiger partial charge in [-0.2, -0.15) is 0 Å². The maximum Gasteiger partial charge on any atom is 0.506 e. The maximum atomic E-state index is 10.5. The topological polar surface area (TPSA) is 93.1 Å². The number of rotatable bonds is 2. The van der Waals surface area contributed by atoms with E-state index in [-0.39, 0.29) is 11.8 Å². The number of hydrogen-bond acceptors (Lipinski definition) is 4. The zero-order valence-electron chi connectivity index (χ0n) is 8.41. The number of carboxylic acid groups (broad SMARTS) is 2. The van der Waals surface area contributed by atoms with Crippen molar-refractivity contribution in [1.29, 1.82) is 0 Å². The first kappa shape index (κ1) is 10.8. The van der Waals surface area contributed by atoms with Crippen LogP contribution in [0.5, 0.6) is 0 Å². The number of fused-ring (bicyclic) bond motifs is 2. The lowest BCUT2D eigenvalue weighted by molar-refractivity contribution is -0.0941. The Kier molecular flexibility index (Phi) is 2.72. The second-order valence-corrected chi connectivity index (χ2v) is 3.99. The van der Waals surface area contributed by atoms with E-state index in [9.17, 15) is 9.59 Å². The Balaban J connectivity index is 2.15. The average Bonchev–Trinajstić information content (AvgIpc) is 2.22. The van der Waals surface area contributed by atoms with E-state index in [2.05, 4.69) is 0 Å². The van der Waals surface area contributed by atoms with Crippen LogP contribution in [0.1, 0.15) is 12.8 Å². The van der Waals surface area contributed by atoms with Crippen LogP contribution in [0.15, 0.2) is 12.2 Å². The zero-order valence-corrected chi connectivity index (χ0v) is 8.41. The van der Waals surface area contributed by atoms with Crippen molar-refractivity contribution in [3.63, 3.8) is 0 Å². The van der Waals surface area contributed by atoms with Crippen molar-refractivity contribution in [2.45, 2.75) is 25.0 Å². The molecule has 0 saturated heterocycles. The third-order valence-corrected chi connectivity index (χ3v) is 3.08. The van der Waals surface area contributed by atoms with E-state index in [1.54, 1.807) is 0 Å². The molecule has 6 nitrogen and oxygen atoms in total. The Labute approximate surface area is 91.5 Å². The Morgan fingerprint density at radius 1 is 0.938 bits per heavy atom. The van der Waals surface area contributed by atoms with Gasteiger partial charge in [0.15, 0.2) is 0 Å². The van der Waals surface area contributed by atoms with E-state index >= 15 is 0 Å². The quantitative estimate of drug-likeness (QED) is 0.552. The molecule has 4 unspecified atom stereocenters. The molecular weight excluding hydrogens is 216 g/mol. The van der Waals surface area contributed by atoms with Gasteiger partial charge in [-0.1, -0.05) is 12.2 Å². The molecule has 0 aliphatic heterocycles. The van der Waals surface area contributed by atoms with Crippen LogP contribution in [0.25, 0.3) is 0 Å². The van der Waals surface area contributed by atoms with Gasteiger partial charge in [0, 0.05) is 11.8 Å². The SMILES string of the molecule is O=C(O)OC1C2C=CC(CC2)C1OC(=O)O. The third kappa shape index (κ3) is 1.95. The molecule has 3 rings (SSSR count). The summed E-state index contributed by atoms with van der Waals surface area (Å²) in [6.45, 7) is 0. The van der Waals surface area contributed by atoms with Crippen LogP contribution in [0.4, 0.5) is 9.59 Å². The Hall–Kier alpha value is -1.72. The molecule has 6 heteroatoms. The van der Waals surface area contributed by atoms with E-state index in [4.69, 9.17) is 19.7 Å². The maximum absolute atomic E-state index is 10.5. The first-order valence-electron chi connectivity index (χ1n) is 5.05. The molecule has 3 aliphatic rings. The van der Waals surface area contributed by atoms with E-state index in [1.807, 2.05) is 12.2 Å². The van der Waals surface area contributed by atoms with Gasteiger partial charge in [0.2, 0.25) is 0 Å². The predicted molar refractivity (Wildman–Crippen MR) is 51.1 cm³/mol. The summed E-state index contributed by atoms with van der Waals surface area (Å²) >= 11 is 0. The fraction of sp³-hybridized carbons (Fsp3) is 0.600. The highest BCUT2D eigenvalue weighted by Crippen LogP contribution is 2.39. The van der Waals surface area contributed by atoms with Crippen LogP contribution in [0.2, 0.25) is 0 Å². The normalized spacial score (nSPS) is 35.8. The molecule has 0 amide bonds. The molecule has 0 aromatic carbocycles. The molecule has 2 N–H and O–H groups in total. The lowest BCUT2D eigenvalue weighted by Crippen LogP contribution is -2.49. The monoisotopic (exact) mass is 228 g/mol. The second-order valence-electron chi connectivity index (χ2n) is 3.99. The lowest BCUT2D eigenvalue weighted by Gasteiger charge is -2.42. The van der Waals surface area contributed by atoms with E-state index in [0.717, 1.165) is 12.8 Å². The van der Waals surface area contributed by atoms with Gasteiger partial charge in [0.1, 0.15) is 12.2 Å². The molecule has 0 aromatic rings. The van der Waals surface area contributed by atoms with Gasteiger partial charge in [-0.05, 0) is 12.8 Å². The largest absolute Gasteiger partial charge is 0.506 e. The van der Waals surface area contributed by atoms with Crippen molar-refractivity contribution in [3.8, 4) is 0 Å². The van der Waals surface area contributed by atoms with Gasteiger partial charge >= 0.3 is 12.3 Å². The van der Waals surface area contributed by atoms with Crippen molar-refractivity contribution in [3.05, 3.63) is 12.2 Å². The molecule has 1 fully saturated rings. The van der Waals surface area contributed by atoms with E-state index in [0.29, 0.717) is 0 Å². The standard InChI is InChI=1S/C10H12O6/c11-9(12)15-7-5-1-2-6(4-3-5)8(7)16-10(13)14/h1-2,5-8H,3-4H2,(H,11,12)(H,13,14). The molecule has 88 valence electrons. The molecule has 0 radical (unpaired) electrons. The van der Waals surface area contributed by atoms with Crippen molar-refractivity contribution in [2.24, 2.45) is 11.8 Å². The summed E-state index contributed by atoms with van der Waals surface area (Å²) in [6.07, 6.45) is 1.15. The molecule has 3 aliphatic carbocycles. The summed E-state index contributed by atoms with van der Waals surface area (Å²) in [6, 6.07) is 0. The van der Waals surface area contributed by atoms with Gasteiger partial charge in [-0.3, -0.25) is 0 Å². The van der Waals surface area contributed by atoms with Crippen molar-refractivity contribution in [1.82, 2.24) is 0 Å². The molecule has 0 aromatic heterocycles. The number of hydrogen-bond donors (Lipinski definition) is 2. The Morgan fingerprint density at radius 2 is 1.31 bits per heavy atom. The molecule has 0 spiro atoms. The average molecular weight is 228 g/mol. The number of ether oxygens (including phenoxy) is 2. The van der Waals surface area contributed by atoms with Gasteiger partial charge in [0.05, 0.1) is 0 Å². The second kappa shape index (κ2) is 4.03. The molecule has 4 atom stereocenters. The minimum absolute atomic E-state index is 0.0783. The van der Waals surface area contributed by atoms with Crippen LogP contribution < -0.4 is 0 Å². The molecule has 0 heterocycles. The van der Waals surface area contributed by atoms with Crippen molar-refractivity contribution >= 4 is 12.3 Å². The van der Waals surface area contributed by atoms with Crippen LogP contribution in [0, 0.1) is 11.8 Å². The van der Waals surface area contributed by atoms with Gasteiger partial charge < -0.3 is 19.7 Å². The van der Waals surface area contributed by atoms with Crippen LogP contribution >= 0.6 is 0 Å². The smallest absolute Gasteiger partial charge is 0.450 e. The minimum atomic E-state index is -1.40. The van der Waals surface area contributed by atoms with Crippen LogP contribution in [-0.2, 0) is 9.47 Å². The van der Waals surface area contributed by atoms with Gasteiger partial charge in [-0.15, -0.1) is 0 Å². The highest BCUT2D eigenvalue weighted by molar-refractivity contribution is 5.59. The van der Waals surface area contributed by atoms with Crippen LogP contribution in [-0.4, -0.2) is 34.7 Å². The minimum Gasteiger partial charge on any atom is -0.450 e.